The number of aliphatic hydroxyl groups excluding tert-OH is 9. The quantitative estimate of drug-likeness (QED) is 0.0158. The van der Waals surface area contributed by atoms with Crippen LogP contribution >= 0.6 is 0 Å². The van der Waals surface area contributed by atoms with Crippen molar-refractivity contribution in [3.8, 4) is 51.7 Å². The van der Waals surface area contributed by atoms with Crippen molar-refractivity contribution >= 4 is 0 Å². The van der Waals surface area contributed by atoms with Gasteiger partial charge in [0.15, 0.2) is 0 Å². The molecule has 3 unspecified atom stereocenters. The summed E-state index contributed by atoms with van der Waals surface area (Å²) in [7, 11) is 14.0. The molecule has 0 amide bonds. The number of benzene rings is 10. The molecule has 18 N–H and O–H groups in total. The maximum atomic E-state index is 11.1. The zero-order chi connectivity index (χ0) is 96.0. The van der Waals surface area contributed by atoms with Crippen LogP contribution < -0.4 is 0 Å². The smallest absolute Gasteiger partial charge is 0.126 e. The molecule has 0 saturated heterocycles. The maximum Gasteiger partial charge on any atom is 0.126 e. The van der Waals surface area contributed by atoms with Gasteiger partial charge in [0.2, 0.25) is 0 Å². The van der Waals surface area contributed by atoms with Crippen LogP contribution in [0.3, 0.4) is 0 Å². The molecular weight excluding hydrogens is 1680 g/mol. The third-order valence-corrected chi connectivity index (χ3v) is 24.4. The summed E-state index contributed by atoms with van der Waals surface area (Å²) in [5.74, 6) is 0.121. The van der Waals surface area contributed by atoms with E-state index in [0.717, 1.165) is 61.2 Å². The van der Waals surface area contributed by atoms with Crippen molar-refractivity contribution in [2.75, 3.05) is 123 Å². The Balaban J connectivity index is 0.000000244. The molecule has 0 fully saturated rings. The van der Waals surface area contributed by atoms with Crippen LogP contribution in [0.1, 0.15) is 195 Å². The van der Waals surface area contributed by atoms with E-state index in [-0.39, 0.29) is 222 Å². The third kappa shape index (κ3) is 25.0. The Morgan fingerprint density at radius 3 is 0.527 bits per heavy atom. The van der Waals surface area contributed by atoms with Crippen LogP contribution in [-0.4, -0.2) is 215 Å². The van der Waals surface area contributed by atoms with Crippen LogP contribution in [0.15, 0.2) is 133 Å². The number of aliphatic hydroxyl groups is 9. The zero-order valence-corrected chi connectivity index (χ0v) is 77.6. The molecule has 27 nitrogen and oxygen atoms in total. The molecule has 131 heavy (non-hydrogen) atoms. The molecule has 0 saturated carbocycles. The lowest BCUT2D eigenvalue weighted by molar-refractivity contribution is 0.174. The van der Waals surface area contributed by atoms with Crippen molar-refractivity contribution < 1.29 is 135 Å². The number of rotatable bonds is 47. The van der Waals surface area contributed by atoms with E-state index in [9.17, 15) is 91.9 Å². The number of ether oxygens (including phenoxy) is 9. The van der Waals surface area contributed by atoms with Crippen LogP contribution in [0.4, 0.5) is 0 Å². The van der Waals surface area contributed by atoms with Gasteiger partial charge in [-0.15, -0.1) is 0 Å². The second-order valence-corrected chi connectivity index (χ2v) is 33.5. The van der Waals surface area contributed by atoms with Crippen molar-refractivity contribution in [2.45, 2.75) is 167 Å². The highest BCUT2D eigenvalue weighted by Gasteiger charge is 2.39. The molecule has 0 spiro atoms. The number of methoxy groups -OCH3 is 9. The fraction of sp³-hybridized carbons (Fsp3) is 0.423. The van der Waals surface area contributed by atoms with Crippen LogP contribution in [0.5, 0.6) is 51.7 Å². The van der Waals surface area contributed by atoms with Crippen molar-refractivity contribution in [1.82, 2.24) is 0 Å². The molecule has 3 atom stereocenters. The van der Waals surface area contributed by atoms with Gasteiger partial charge in [-0.05, 0) is 238 Å². The van der Waals surface area contributed by atoms with Gasteiger partial charge in [0.1, 0.15) is 51.7 Å². The van der Waals surface area contributed by atoms with Crippen LogP contribution in [0.25, 0.3) is 0 Å². The summed E-state index contributed by atoms with van der Waals surface area (Å²) in [6, 6.07) is 42.0. The first-order valence-electron chi connectivity index (χ1n) is 43.6. The van der Waals surface area contributed by atoms with Gasteiger partial charge in [-0.1, -0.05) is 92.7 Å². The predicted octanol–water partition coefficient (Wildman–Crippen LogP) is 11.8. The first-order chi connectivity index (χ1) is 62.9. The SMILES string of the molecule is COCc1cc(C(C)(C)c2ccc(C(C)(c3cc(CCO)c(O)c(CCO)c3)c3cc(COC)c(O)c(COC)c3)cc2)cc(CCO)c1O.COCc1cc(C(C)(c2cc(CCO)c(O)c(CCO)c2)c2cc(COC)c(O)c(COC)c2)cc(CCO)c1O.COCc1cc(C(c2cc(CCO)c(O)c(CCO)c2)c2cc(COC)c(O)c(COC)c2)cc(CCO)c1O. The molecule has 27 heteroatoms. The monoisotopic (exact) mass is 1810 g/mol. The lowest BCUT2D eigenvalue weighted by Gasteiger charge is -2.35. The highest BCUT2D eigenvalue weighted by Crippen LogP contribution is 2.50. The van der Waals surface area contributed by atoms with Crippen molar-refractivity contribution in [3.63, 3.8) is 0 Å². The van der Waals surface area contributed by atoms with Crippen molar-refractivity contribution in [1.29, 1.82) is 0 Å². The fourth-order valence-electron chi connectivity index (χ4n) is 17.4. The minimum Gasteiger partial charge on any atom is -0.507 e. The number of hydrogen-bond acceptors (Lipinski definition) is 27. The van der Waals surface area contributed by atoms with Crippen molar-refractivity contribution in [3.05, 3.63) is 295 Å². The second-order valence-electron chi connectivity index (χ2n) is 33.5. The van der Waals surface area contributed by atoms with Crippen LogP contribution in [-0.2, 0) is 176 Å². The van der Waals surface area contributed by atoms with Gasteiger partial charge in [0.05, 0.1) is 59.5 Å². The topological polar surface area (TPSA) is 447 Å². The Hall–Kier alpha value is -10.3. The lowest BCUT2D eigenvalue weighted by Crippen LogP contribution is -2.27. The van der Waals surface area contributed by atoms with E-state index in [1.165, 1.54) is 14.2 Å². The molecule has 10 aromatic carbocycles. The molecule has 0 bridgehead atoms. The number of phenols is 9. The molecule has 0 aliphatic carbocycles. The summed E-state index contributed by atoms with van der Waals surface area (Å²) in [4.78, 5) is 0. The molecule has 0 aliphatic rings. The Morgan fingerprint density at radius 1 is 0.191 bits per heavy atom. The van der Waals surface area contributed by atoms with Gasteiger partial charge in [0.25, 0.3) is 0 Å². The standard InChI is InChI=1S/C41H52O9.C32H42O9.C31H40O9/c1-40(2,34-17-26(11-14-42)38(46)29(20-34)23-48-4)32-7-9-33(10-8-32)41(3,35-18-27(12-15-43)37(45)28(19-35)13-16-44)36-21-30(24-49-5)39(47)31(22-36)25-50-6;1-32(26-11-20(5-8-33)29(36)21(12-26)6-9-34,27-13-22(7-10-35)30(37)23(14-27)17-39-2)28-15-24(18-40-3)31(38)25(16-28)19-41-4;1-38-16-25-13-23(12-21(6-9-34)30(25)36)28(22-10-19(4-7-32)29(35)20(11-22)5-8-33)24-14-26(17-39-2)31(37)27(15-24)18-40-3/h7-10,17-22,42-47H,11-16,23-25H2,1-6H3;11-16,33-38H,5-10,17-19H2,1-4H3;10-15,28,32-37H,4-9,16-18H2,1-3H3. The Morgan fingerprint density at radius 2 is 0.328 bits per heavy atom. The summed E-state index contributed by atoms with van der Waals surface area (Å²) in [5, 5.41) is 186. The van der Waals surface area contributed by atoms with Gasteiger partial charge < -0.3 is 135 Å². The van der Waals surface area contributed by atoms with Gasteiger partial charge >= 0.3 is 0 Å². The lowest BCUT2D eigenvalue weighted by atomic mass is 9.68. The van der Waals surface area contributed by atoms with Gasteiger partial charge in [-0.3, -0.25) is 0 Å². The molecule has 10 rings (SSSR count). The zero-order valence-electron chi connectivity index (χ0n) is 77.6. The summed E-state index contributed by atoms with van der Waals surface area (Å²) in [5.41, 5.74) is 17.1. The summed E-state index contributed by atoms with van der Waals surface area (Å²) >= 11 is 0. The average Bonchev–Trinajstić information content (AvgIpc) is 0.741. The Bertz CT molecular complexity index is 4750. The number of hydrogen-bond donors (Lipinski definition) is 18. The molecule has 0 aliphatic heterocycles. The molecule has 712 valence electrons. The van der Waals surface area contributed by atoms with E-state index in [2.05, 4.69) is 45.0 Å². The van der Waals surface area contributed by atoms with E-state index in [0.29, 0.717) is 107 Å². The Kier molecular flexibility index (Phi) is 40.9. The van der Waals surface area contributed by atoms with Gasteiger partial charge in [-0.25, -0.2) is 0 Å². The number of phenolic OH excluding ortho intramolecular Hbond substituents is 9. The largest absolute Gasteiger partial charge is 0.507 e. The van der Waals surface area contributed by atoms with E-state index in [4.69, 9.17) is 42.6 Å². The molecule has 10 aromatic rings. The average molecular weight is 1820 g/mol. The maximum absolute atomic E-state index is 11.1. The highest BCUT2D eigenvalue weighted by molar-refractivity contribution is 5.64. The molecule has 0 heterocycles. The van der Waals surface area contributed by atoms with Gasteiger partial charge in [-0.2, -0.15) is 0 Å². The minimum absolute atomic E-state index is 0.0248. The van der Waals surface area contributed by atoms with Gasteiger partial charge in [0, 0.05) is 196 Å². The molecular formula is C104H134O27. The molecule has 0 aromatic heterocycles. The van der Waals surface area contributed by atoms with E-state index >= 15 is 0 Å². The van der Waals surface area contributed by atoms with E-state index < -0.39 is 22.2 Å². The normalized spacial score (nSPS) is 12.7. The van der Waals surface area contributed by atoms with Crippen LogP contribution in [0, 0.1) is 0 Å². The first kappa shape index (κ1) is 106. The summed E-state index contributed by atoms with van der Waals surface area (Å²) in [6.07, 6.45) is 2.05. The molecule has 0 radical (unpaired) electrons. The third-order valence-electron chi connectivity index (χ3n) is 24.4. The van der Waals surface area contributed by atoms with Crippen LogP contribution in [0.2, 0.25) is 0 Å². The summed E-state index contributed by atoms with van der Waals surface area (Å²) < 4.78 is 48.5. The minimum atomic E-state index is -0.957. The fourth-order valence-corrected chi connectivity index (χ4v) is 17.4. The van der Waals surface area contributed by atoms with E-state index in [1.54, 1.807) is 49.8 Å². The van der Waals surface area contributed by atoms with E-state index in [1.807, 2.05) is 116 Å². The predicted molar refractivity (Wildman–Crippen MR) is 497 cm³/mol. The Labute approximate surface area is 767 Å². The second kappa shape index (κ2) is 50.5. The van der Waals surface area contributed by atoms with Crippen molar-refractivity contribution in [2.24, 2.45) is 0 Å². The highest BCUT2D eigenvalue weighted by atomic mass is 16.5. The first-order valence-corrected chi connectivity index (χ1v) is 43.6. The number of aromatic hydroxyl groups is 9. The summed E-state index contributed by atoms with van der Waals surface area (Å²) in [6.45, 7) is 8.33.